The number of carbonyl (C=O) groups is 3. The van der Waals surface area contributed by atoms with Gasteiger partial charge in [-0.1, -0.05) is 41.6 Å². The molecule has 10 heteroatoms. The molecule has 160 valence electrons. The molecular formula is C22H13ClN2O5S2. The first-order valence-corrected chi connectivity index (χ1v) is 10.7. The lowest BCUT2D eigenvalue weighted by molar-refractivity contribution is -0.123. The maximum Gasteiger partial charge on any atom is 0.335 e. The highest BCUT2D eigenvalue weighted by Crippen LogP contribution is 2.34. The van der Waals surface area contributed by atoms with Crippen molar-refractivity contribution in [3.05, 3.63) is 87.5 Å². The van der Waals surface area contributed by atoms with Gasteiger partial charge in [-0.2, -0.15) is 5.01 Å². The van der Waals surface area contributed by atoms with E-state index >= 15 is 0 Å². The number of nitrogens with zero attached hydrogens (tertiary/aromatic N) is 1. The number of carboxylic acids is 1. The van der Waals surface area contributed by atoms with Gasteiger partial charge >= 0.3 is 5.97 Å². The van der Waals surface area contributed by atoms with E-state index in [2.05, 4.69) is 5.43 Å². The van der Waals surface area contributed by atoms with Crippen molar-refractivity contribution >= 4 is 63.8 Å². The zero-order valence-corrected chi connectivity index (χ0v) is 18.5. The van der Waals surface area contributed by atoms with Crippen LogP contribution in [0, 0.1) is 0 Å². The summed E-state index contributed by atoms with van der Waals surface area (Å²) in [4.78, 5) is 36.6. The Morgan fingerprint density at radius 3 is 2.56 bits per heavy atom. The molecule has 1 aliphatic heterocycles. The monoisotopic (exact) mass is 484 g/mol. The molecule has 2 amide bonds. The van der Waals surface area contributed by atoms with Gasteiger partial charge in [0.15, 0.2) is 4.32 Å². The Bertz CT molecular complexity index is 1290. The van der Waals surface area contributed by atoms with Crippen LogP contribution in [0.15, 0.2) is 70.0 Å². The van der Waals surface area contributed by atoms with Crippen LogP contribution < -0.4 is 5.43 Å². The number of furan rings is 1. The van der Waals surface area contributed by atoms with Crippen molar-refractivity contribution in [2.24, 2.45) is 0 Å². The number of rotatable bonds is 5. The maximum atomic E-state index is 12.7. The Labute approximate surface area is 196 Å². The number of carboxylic acid groups (broad SMARTS) is 1. The van der Waals surface area contributed by atoms with Crippen molar-refractivity contribution in [3.8, 4) is 11.3 Å². The van der Waals surface area contributed by atoms with Crippen molar-refractivity contribution < 1.29 is 23.9 Å². The van der Waals surface area contributed by atoms with E-state index in [9.17, 15) is 19.5 Å². The highest BCUT2D eigenvalue weighted by molar-refractivity contribution is 8.26. The Morgan fingerprint density at radius 2 is 1.84 bits per heavy atom. The summed E-state index contributed by atoms with van der Waals surface area (Å²) in [7, 11) is 0. The number of thioether (sulfide) groups is 1. The quantitative estimate of drug-likeness (QED) is 0.394. The van der Waals surface area contributed by atoms with Crippen molar-refractivity contribution in [2.75, 3.05) is 0 Å². The molecule has 0 radical (unpaired) electrons. The molecule has 1 aromatic heterocycles. The first kappa shape index (κ1) is 21.8. The summed E-state index contributed by atoms with van der Waals surface area (Å²) < 4.78 is 5.92. The molecule has 3 aromatic rings. The average Bonchev–Trinajstić information content (AvgIpc) is 3.34. The predicted molar refractivity (Wildman–Crippen MR) is 125 cm³/mol. The second-order valence-corrected chi connectivity index (χ2v) is 8.61. The van der Waals surface area contributed by atoms with Crippen molar-refractivity contribution in [3.63, 3.8) is 0 Å². The number of benzene rings is 2. The van der Waals surface area contributed by atoms with Gasteiger partial charge in [-0.15, -0.1) is 0 Å². The number of thiocarbonyl (C=S) groups is 1. The van der Waals surface area contributed by atoms with Crippen LogP contribution in [0.1, 0.15) is 26.5 Å². The first-order valence-electron chi connectivity index (χ1n) is 9.10. The molecule has 1 aliphatic rings. The van der Waals surface area contributed by atoms with E-state index in [1.807, 2.05) is 0 Å². The van der Waals surface area contributed by atoms with Crippen LogP contribution >= 0.6 is 35.6 Å². The Morgan fingerprint density at radius 1 is 1.09 bits per heavy atom. The summed E-state index contributed by atoms with van der Waals surface area (Å²) in [5.41, 5.74) is 3.37. The molecule has 0 spiro atoms. The molecule has 2 N–H and O–H groups in total. The summed E-state index contributed by atoms with van der Waals surface area (Å²) in [5.74, 6) is -1.36. The van der Waals surface area contributed by atoms with E-state index in [0.29, 0.717) is 27.7 Å². The van der Waals surface area contributed by atoms with Crippen LogP contribution in [0.25, 0.3) is 17.4 Å². The Balaban J connectivity index is 1.54. The summed E-state index contributed by atoms with van der Waals surface area (Å²) in [6.45, 7) is 0. The van der Waals surface area contributed by atoms with Gasteiger partial charge in [-0.05, 0) is 54.7 Å². The number of amides is 2. The maximum absolute atomic E-state index is 12.7. The zero-order chi connectivity index (χ0) is 22.8. The molecule has 4 rings (SSSR count). The van der Waals surface area contributed by atoms with Gasteiger partial charge in [0.1, 0.15) is 11.5 Å². The largest absolute Gasteiger partial charge is 0.478 e. The van der Waals surface area contributed by atoms with Crippen LogP contribution in [-0.4, -0.2) is 32.2 Å². The molecule has 2 aromatic carbocycles. The van der Waals surface area contributed by atoms with E-state index in [0.717, 1.165) is 16.8 Å². The summed E-state index contributed by atoms with van der Waals surface area (Å²) in [6.07, 6.45) is 1.49. The molecular weight excluding hydrogens is 472 g/mol. The minimum Gasteiger partial charge on any atom is -0.478 e. The Kier molecular flexibility index (Phi) is 6.13. The molecule has 1 fully saturated rings. The molecule has 0 bridgehead atoms. The van der Waals surface area contributed by atoms with E-state index in [1.165, 1.54) is 24.3 Å². The van der Waals surface area contributed by atoms with E-state index in [1.54, 1.807) is 42.5 Å². The predicted octanol–water partition coefficient (Wildman–Crippen LogP) is 4.84. The van der Waals surface area contributed by atoms with Gasteiger partial charge in [-0.25, -0.2) is 4.79 Å². The number of hydrogen-bond donors (Lipinski definition) is 2. The van der Waals surface area contributed by atoms with Crippen LogP contribution in [0.5, 0.6) is 0 Å². The molecule has 0 saturated carbocycles. The van der Waals surface area contributed by atoms with Crippen LogP contribution in [0.4, 0.5) is 0 Å². The van der Waals surface area contributed by atoms with Crippen LogP contribution in [0.3, 0.4) is 0 Å². The van der Waals surface area contributed by atoms with E-state index < -0.39 is 17.8 Å². The third kappa shape index (κ3) is 4.45. The highest BCUT2D eigenvalue weighted by atomic mass is 35.5. The van der Waals surface area contributed by atoms with Crippen LogP contribution in [0.2, 0.25) is 5.02 Å². The van der Waals surface area contributed by atoms with Gasteiger partial charge in [0, 0.05) is 17.2 Å². The molecule has 2 heterocycles. The SMILES string of the molecule is O=C(O)c1ccc(Cl)c(-c2ccc(/C=C3/SC(=S)N(NC(=O)c4ccccc4)C3=O)o2)c1. The second kappa shape index (κ2) is 8.99. The highest BCUT2D eigenvalue weighted by Gasteiger charge is 2.34. The molecule has 0 unspecified atom stereocenters. The number of halogens is 1. The van der Waals surface area contributed by atoms with Gasteiger partial charge in [-0.3, -0.25) is 15.0 Å². The molecule has 0 atom stereocenters. The number of hydrazine groups is 1. The standard InChI is InChI=1S/C22H13ClN2O5S2/c23-16-8-6-13(21(28)29)10-15(16)17-9-7-14(30-17)11-18-20(27)25(22(31)32-18)24-19(26)12-4-2-1-3-5-12/h1-11H,(H,24,26)(H,28,29)/b18-11+. The van der Waals surface area contributed by atoms with Crippen molar-refractivity contribution in [1.29, 1.82) is 0 Å². The first-order chi connectivity index (χ1) is 15.3. The van der Waals surface area contributed by atoms with Gasteiger partial charge in [0.05, 0.1) is 15.5 Å². The lowest BCUT2D eigenvalue weighted by Crippen LogP contribution is -2.44. The van der Waals surface area contributed by atoms with Gasteiger partial charge in [0.25, 0.3) is 11.8 Å². The molecule has 7 nitrogen and oxygen atoms in total. The van der Waals surface area contributed by atoms with Gasteiger partial charge < -0.3 is 9.52 Å². The molecule has 32 heavy (non-hydrogen) atoms. The van der Waals surface area contributed by atoms with E-state index in [4.69, 9.17) is 28.2 Å². The lowest BCUT2D eigenvalue weighted by Gasteiger charge is -2.15. The number of nitrogens with one attached hydrogen (secondary N) is 1. The molecule has 1 saturated heterocycles. The number of carbonyl (C=O) groups excluding carboxylic acids is 2. The topological polar surface area (TPSA) is 99.9 Å². The fourth-order valence-corrected chi connectivity index (χ4v) is 4.24. The van der Waals surface area contributed by atoms with Crippen LogP contribution in [-0.2, 0) is 4.79 Å². The Hall–Kier alpha value is -3.40. The fourth-order valence-electron chi connectivity index (χ4n) is 2.87. The third-order valence-corrected chi connectivity index (χ3v) is 6.05. The fraction of sp³-hybridized carbons (Fsp3) is 0. The summed E-state index contributed by atoms with van der Waals surface area (Å²) >= 11 is 12.4. The third-order valence-electron chi connectivity index (χ3n) is 4.42. The van der Waals surface area contributed by atoms with Gasteiger partial charge in [0.2, 0.25) is 0 Å². The second-order valence-electron chi connectivity index (χ2n) is 6.53. The smallest absolute Gasteiger partial charge is 0.335 e. The number of aromatic carboxylic acids is 1. The zero-order valence-electron chi connectivity index (χ0n) is 16.1. The summed E-state index contributed by atoms with van der Waals surface area (Å²) in [5, 5.41) is 10.5. The lowest BCUT2D eigenvalue weighted by atomic mass is 10.1. The van der Waals surface area contributed by atoms with Crippen molar-refractivity contribution in [2.45, 2.75) is 0 Å². The minimum absolute atomic E-state index is 0.0670. The number of hydrogen-bond acceptors (Lipinski definition) is 6. The summed E-state index contributed by atoms with van der Waals surface area (Å²) in [6, 6.07) is 16.0. The average molecular weight is 485 g/mol. The van der Waals surface area contributed by atoms with E-state index in [-0.39, 0.29) is 14.8 Å². The minimum atomic E-state index is -1.09. The normalized spacial score (nSPS) is 14.8. The molecule has 0 aliphatic carbocycles. The van der Waals surface area contributed by atoms with Crippen molar-refractivity contribution in [1.82, 2.24) is 10.4 Å².